The quantitative estimate of drug-likeness (QED) is 0.501. The molecule has 2 fully saturated rings. The number of nitrogens with one attached hydrogen (secondary N) is 2. The van der Waals surface area contributed by atoms with Crippen LogP contribution in [0.15, 0.2) is 42.5 Å². The number of urea groups is 1. The van der Waals surface area contributed by atoms with Gasteiger partial charge in [-0.05, 0) is 49.4 Å². The number of carbonyl (C=O) groups is 1. The van der Waals surface area contributed by atoms with Crippen LogP contribution in [0.3, 0.4) is 0 Å². The number of likely N-dealkylation sites (tertiary alicyclic amines) is 1. The molecule has 1 saturated carbocycles. The van der Waals surface area contributed by atoms with E-state index in [-0.39, 0.29) is 24.1 Å². The summed E-state index contributed by atoms with van der Waals surface area (Å²) in [5, 5.41) is 2.44. The summed E-state index contributed by atoms with van der Waals surface area (Å²) >= 11 is 0. The van der Waals surface area contributed by atoms with E-state index in [4.69, 9.17) is 0 Å². The number of sulfonamides is 1. The Balaban J connectivity index is 1.74. The first-order chi connectivity index (χ1) is 17.0. The maximum Gasteiger partial charge on any atom is 0.350 e. The molecule has 2 aromatic carbocycles. The summed E-state index contributed by atoms with van der Waals surface area (Å²) in [7, 11) is -5.05. The highest BCUT2D eigenvalue weighted by atomic mass is 32.2. The van der Waals surface area contributed by atoms with Gasteiger partial charge in [-0.3, -0.25) is 0 Å². The van der Waals surface area contributed by atoms with Gasteiger partial charge in [-0.15, -0.1) is 0 Å². The maximum absolute atomic E-state index is 15.6. The standard InChI is InChI=1S/C24H26F5N3O3S/c1-14(12-25)30-23(33)32-13-24(7-8-24)21(31-36(34,35)22(28)29)19(32)10-16-9-17(26)11-18(20(16)27)15-5-3-2-4-6-15/h2-6,9,11,14,19,21-22,31H,7-8,10,12-13H2,1H3,(H,30,33)/t14?,19-,21+/m0/s1. The third-order valence-corrected chi connectivity index (χ3v) is 7.89. The van der Waals surface area contributed by atoms with Gasteiger partial charge in [0, 0.05) is 17.5 Å². The van der Waals surface area contributed by atoms with Gasteiger partial charge < -0.3 is 10.2 Å². The normalized spacial score (nSPS) is 21.7. The summed E-state index contributed by atoms with van der Waals surface area (Å²) < 4.78 is 95.9. The molecule has 4 rings (SSSR count). The number of hydrogen-bond acceptors (Lipinski definition) is 3. The van der Waals surface area contributed by atoms with Crippen LogP contribution in [0.5, 0.6) is 0 Å². The van der Waals surface area contributed by atoms with E-state index in [9.17, 15) is 30.8 Å². The molecule has 196 valence electrons. The van der Waals surface area contributed by atoms with Crippen LogP contribution < -0.4 is 10.0 Å². The lowest BCUT2D eigenvalue weighted by Crippen LogP contribution is -2.53. The molecule has 1 aliphatic heterocycles. The van der Waals surface area contributed by atoms with E-state index in [0.29, 0.717) is 18.4 Å². The Labute approximate surface area is 205 Å². The molecule has 36 heavy (non-hydrogen) atoms. The Morgan fingerprint density at radius 2 is 1.83 bits per heavy atom. The van der Waals surface area contributed by atoms with Crippen molar-refractivity contribution in [1.29, 1.82) is 0 Å². The van der Waals surface area contributed by atoms with Crippen molar-refractivity contribution in [3.05, 3.63) is 59.7 Å². The van der Waals surface area contributed by atoms with Crippen molar-refractivity contribution in [3.63, 3.8) is 0 Å². The van der Waals surface area contributed by atoms with E-state index in [1.165, 1.54) is 11.8 Å². The number of carbonyl (C=O) groups excluding carboxylic acids is 1. The second-order valence-electron chi connectivity index (χ2n) is 9.46. The van der Waals surface area contributed by atoms with E-state index >= 15 is 4.39 Å². The topological polar surface area (TPSA) is 78.5 Å². The van der Waals surface area contributed by atoms with Crippen molar-refractivity contribution in [3.8, 4) is 11.1 Å². The van der Waals surface area contributed by atoms with Crippen LogP contribution in [-0.2, 0) is 16.4 Å². The number of rotatable bonds is 8. The van der Waals surface area contributed by atoms with Gasteiger partial charge in [-0.1, -0.05) is 30.3 Å². The average molecular weight is 532 g/mol. The molecule has 1 aliphatic carbocycles. The molecule has 2 aromatic rings. The Morgan fingerprint density at radius 3 is 2.42 bits per heavy atom. The molecular weight excluding hydrogens is 505 g/mol. The molecule has 0 bridgehead atoms. The highest BCUT2D eigenvalue weighted by Crippen LogP contribution is 2.55. The van der Waals surface area contributed by atoms with E-state index in [1.807, 2.05) is 4.72 Å². The second kappa shape index (κ2) is 9.97. The predicted molar refractivity (Wildman–Crippen MR) is 123 cm³/mol. The van der Waals surface area contributed by atoms with Gasteiger partial charge in [0.15, 0.2) is 0 Å². The van der Waals surface area contributed by atoms with Gasteiger partial charge in [-0.2, -0.15) is 8.78 Å². The molecular formula is C24H26F5N3O3S. The molecule has 2 N–H and O–H groups in total. The lowest BCUT2D eigenvalue weighted by Gasteiger charge is -2.30. The third-order valence-electron chi connectivity index (χ3n) is 6.84. The molecule has 2 amide bonds. The fourth-order valence-corrected chi connectivity index (χ4v) is 5.70. The number of halogens is 5. The van der Waals surface area contributed by atoms with E-state index in [2.05, 4.69) is 5.32 Å². The van der Waals surface area contributed by atoms with Crippen LogP contribution in [0.25, 0.3) is 11.1 Å². The SMILES string of the molecule is CC(CF)NC(=O)N1CC2(CC2)[C@H](NS(=O)(=O)C(F)F)[C@@H]1Cc1cc(F)cc(-c2ccccc2)c1F. The van der Waals surface area contributed by atoms with E-state index in [0.717, 1.165) is 12.1 Å². The predicted octanol–water partition coefficient (Wildman–Crippen LogP) is 4.22. The molecule has 6 nitrogen and oxygen atoms in total. The number of hydrogen-bond donors (Lipinski definition) is 2. The molecule has 1 spiro atoms. The van der Waals surface area contributed by atoms with Crippen molar-refractivity contribution < 1.29 is 35.2 Å². The number of alkyl halides is 3. The Bertz CT molecular complexity index is 1230. The Hall–Kier alpha value is -2.73. The zero-order valence-corrected chi connectivity index (χ0v) is 20.2. The van der Waals surface area contributed by atoms with Crippen LogP contribution in [0.2, 0.25) is 0 Å². The van der Waals surface area contributed by atoms with Crippen molar-refractivity contribution in [1.82, 2.24) is 14.9 Å². The fraction of sp³-hybridized carbons (Fsp3) is 0.458. The highest BCUT2D eigenvalue weighted by Gasteiger charge is 2.62. The van der Waals surface area contributed by atoms with Crippen molar-refractivity contribution >= 4 is 16.1 Å². The fourth-order valence-electron chi connectivity index (χ4n) is 4.83. The van der Waals surface area contributed by atoms with Gasteiger partial charge in [-0.25, -0.2) is 31.1 Å². The largest absolute Gasteiger partial charge is 0.350 e. The second-order valence-corrected chi connectivity index (χ2v) is 11.1. The third kappa shape index (κ3) is 5.19. The molecule has 1 unspecified atom stereocenters. The first-order valence-electron chi connectivity index (χ1n) is 11.4. The van der Waals surface area contributed by atoms with Gasteiger partial charge in [0.05, 0.1) is 18.1 Å². The number of benzene rings is 2. The van der Waals surface area contributed by atoms with Gasteiger partial charge in [0.2, 0.25) is 0 Å². The molecule has 0 radical (unpaired) electrons. The first kappa shape index (κ1) is 26.3. The minimum absolute atomic E-state index is 0.00140. The zero-order valence-electron chi connectivity index (χ0n) is 19.4. The summed E-state index contributed by atoms with van der Waals surface area (Å²) in [6, 6.07) is 6.29. The zero-order chi connectivity index (χ0) is 26.3. The van der Waals surface area contributed by atoms with E-state index < -0.39 is 63.7 Å². The van der Waals surface area contributed by atoms with Gasteiger partial charge in [0.25, 0.3) is 10.0 Å². The number of nitrogens with zero attached hydrogens (tertiary/aromatic N) is 1. The summed E-state index contributed by atoms with van der Waals surface area (Å²) in [5.41, 5.74) is -0.595. The summed E-state index contributed by atoms with van der Waals surface area (Å²) in [6.07, 6.45) is 0.547. The van der Waals surface area contributed by atoms with Gasteiger partial charge >= 0.3 is 11.8 Å². The van der Waals surface area contributed by atoms with Crippen LogP contribution in [0.4, 0.5) is 26.7 Å². The van der Waals surface area contributed by atoms with Crippen LogP contribution in [0.1, 0.15) is 25.3 Å². The van der Waals surface area contributed by atoms with Gasteiger partial charge in [0.1, 0.15) is 18.3 Å². The highest BCUT2D eigenvalue weighted by molar-refractivity contribution is 7.89. The van der Waals surface area contributed by atoms with Crippen LogP contribution >= 0.6 is 0 Å². The van der Waals surface area contributed by atoms with Crippen molar-refractivity contribution in [2.24, 2.45) is 5.41 Å². The van der Waals surface area contributed by atoms with Crippen molar-refractivity contribution in [2.45, 2.75) is 50.1 Å². The molecule has 1 saturated heterocycles. The smallest absolute Gasteiger partial charge is 0.333 e. The summed E-state index contributed by atoms with van der Waals surface area (Å²) in [5.74, 6) is -5.23. The Kier molecular flexibility index (Phi) is 7.29. The van der Waals surface area contributed by atoms with E-state index in [1.54, 1.807) is 30.3 Å². The maximum atomic E-state index is 15.6. The Morgan fingerprint density at radius 1 is 1.17 bits per heavy atom. The summed E-state index contributed by atoms with van der Waals surface area (Å²) in [4.78, 5) is 14.2. The molecule has 3 atom stereocenters. The molecule has 2 aliphatic rings. The molecule has 12 heteroatoms. The monoisotopic (exact) mass is 531 g/mol. The first-order valence-corrected chi connectivity index (χ1v) is 13.0. The minimum Gasteiger partial charge on any atom is -0.333 e. The summed E-state index contributed by atoms with van der Waals surface area (Å²) in [6.45, 7) is 0.558. The molecule has 0 aromatic heterocycles. The molecule has 1 heterocycles. The van der Waals surface area contributed by atoms with Crippen LogP contribution in [0, 0.1) is 17.0 Å². The van der Waals surface area contributed by atoms with Crippen molar-refractivity contribution in [2.75, 3.05) is 13.2 Å². The lowest BCUT2D eigenvalue weighted by atomic mass is 9.91. The lowest BCUT2D eigenvalue weighted by molar-refractivity contribution is 0.182. The average Bonchev–Trinajstić information content (AvgIpc) is 3.56. The number of amides is 2. The van der Waals surface area contributed by atoms with Crippen LogP contribution in [-0.4, -0.2) is 56.5 Å². The minimum atomic E-state index is -5.05.